The van der Waals surface area contributed by atoms with Crippen LogP contribution in [0, 0.1) is 5.92 Å². The Morgan fingerprint density at radius 2 is 1.83 bits per heavy atom. The second-order valence-electron chi connectivity index (χ2n) is 15.4. The predicted molar refractivity (Wildman–Crippen MR) is 194 cm³/mol. The molecule has 5 aliphatic rings. The monoisotopic (exact) mass is 708 g/mol. The molecule has 11 rings (SSSR count). The lowest BCUT2D eigenvalue weighted by Crippen LogP contribution is -2.55. The number of ether oxygens (including phenoxy) is 1. The normalized spacial score (nSPS) is 24.2. The summed E-state index contributed by atoms with van der Waals surface area (Å²) >= 11 is 0. The van der Waals surface area contributed by atoms with Gasteiger partial charge in [-0.05, 0) is 54.9 Å². The number of hydrogen-bond acceptors (Lipinski definition) is 9. The lowest BCUT2D eigenvalue weighted by Gasteiger charge is -2.29. The standard InChI is InChI=1S/C41H36N6O6/c1-19(2)31-37-46-33-34(53-37)41-24-9-5-8-22(21-7-6-10-26-30(21)23(17-42-26)29-18-43-36(33)51-29)32(24)47-39(41)52-28-12-11-20(15-25(28)41)16-27(35(48)45-31)44-38(49)40(50)13-3-4-14-40/h5-12,15,17-19,27,31,39,42,47,50H,3-4,13-14,16H2,1-2H3,(H,44,49)(H,45,48)/t27-,31-,39?,41?/m0/s1. The van der Waals surface area contributed by atoms with E-state index in [1.807, 2.05) is 50.4 Å². The van der Waals surface area contributed by atoms with Gasteiger partial charge < -0.3 is 39.6 Å². The van der Waals surface area contributed by atoms with Gasteiger partial charge in [0, 0.05) is 51.5 Å². The van der Waals surface area contributed by atoms with Crippen LogP contribution >= 0.6 is 0 Å². The van der Waals surface area contributed by atoms with Gasteiger partial charge in [0.25, 0.3) is 5.91 Å². The van der Waals surface area contributed by atoms with Crippen LogP contribution in [0.3, 0.4) is 0 Å². The summed E-state index contributed by atoms with van der Waals surface area (Å²) in [5, 5.41) is 22.0. The SMILES string of the molecule is CC(C)[C@@H]1NC(=O)[C@@H](NC(=O)C2(O)CCCC2)Cc2ccc3c(c2)C24c5cccc(c5NC2O3)-c2cccc3[nH]cc(c23)-c2cnc(o2)-c2nc1oc24. The fourth-order valence-corrected chi connectivity index (χ4v) is 9.34. The van der Waals surface area contributed by atoms with Crippen molar-refractivity contribution in [2.75, 3.05) is 5.32 Å². The molecule has 12 heteroatoms. The van der Waals surface area contributed by atoms with Crippen molar-refractivity contribution in [1.82, 2.24) is 25.6 Å². The number of fused-ring (bicyclic) bond motifs is 7. The highest BCUT2D eigenvalue weighted by Gasteiger charge is 2.61. The van der Waals surface area contributed by atoms with Gasteiger partial charge in [-0.2, -0.15) is 0 Å². The second kappa shape index (κ2) is 10.6. The van der Waals surface area contributed by atoms with Gasteiger partial charge in [-0.25, -0.2) is 9.97 Å². The molecule has 10 bridgehead atoms. The zero-order valence-corrected chi connectivity index (χ0v) is 29.1. The Morgan fingerprint density at radius 3 is 2.68 bits per heavy atom. The van der Waals surface area contributed by atoms with Gasteiger partial charge in [0.1, 0.15) is 28.8 Å². The molecule has 53 heavy (non-hydrogen) atoms. The molecule has 2 unspecified atom stereocenters. The van der Waals surface area contributed by atoms with Crippen LogP contribution in [0.4, 0.5) is 5.69 Å². The number of H-pyrrole nitrogens is 1. The highest BCUT2D eigenvalue weighted by molar-refractivity contribution is 6.07. The van der Waals surface area contributed by atoms with Crippen LogP contribution in [0.2, 0.25) is 0 Å². The third kappa shape index (κ3) is 4.09. The number of rotatable bonds is 3. The minimum absolute atomic E-state index is 0.163. The molecule has 0 saturated heterocycles. The zero-order valence-electron chi connectivity index (χ0n) is 29.1. The molecule has 266 valence electrons. The number of nitrogens with one attached hydrogen (secondary N) is 4. The van der Waals surface area contributed by atoms with Crippen LogP contribution in [0.25, 0.3) is 44.9 Å². The molecule has 2 amide bonds. The van der Waals surface area contributed by atoms with Crippen LogP contribution in [0.1, 0.15) is 73.9 Å². The number of carbonyl (C=O) groups is 2. The molecule has 0 radical (unpaired) electrons. The van der Waals surface area contributed by atoms with E-state index in [2.05, 4.69) is 45.2 Å². The van der Waals surface area contributed by atoms with Gasteiger partial charge >= 0.3 is 0 Å². The number of aromatic nitrogens is 3. The third-order valence-corrected chi connectivity index (χ3v) is 12.0. The first-order chi connectivity index (χ1) is 25.7. The fraction of sp³-hybridized carbons (Fsp3) is 0.317. The third-order valence-electron chi connectivity index (χ3n) is 12.0. The molecular formula is C41H36N6O6. The molecule has 5 N–H and O–H groups in total. The van der Waals surface area contributed by atoms with E-state index in [4.69, 9.17) is 23.5 Å². The Morgan fingerprint density at radius 1 is 1.00 bits per heavy atom. The Labute approximate surface area is 303 Å². The molecule has 3 aromatic carbocycles. The summed E-state index contributed by atoms with van der Waals surface area (Å²) in [7, 11) is 0. The summed E-state index contributed by atoms with van der Waals surface area (Å²) in [6.45, 7) is 3.96. The van der Waals surface area contributed by atoms with Crippen LogP contribution in [0.15, 0.2) is 75.8 Å². The number of anilines is 1. The molecule has 6 aromatic rings. The average molecular weight is 709 g/mol. The molecule has 4 atom stereocenters. The van der Waals surface area contributed by atoms with Crippen molar-refractivity contribution in [3.63, 3.8) is 0 Å². The summed E-state index contributed by atoms with van der Waals surface area (Å²) in [4.78, 5) is 41.2. The summed E-state index contributed by atoms with van der Waals surface area (Å²) < 4.78 is 20.5. The number of aromatic amines is 1. The second-order valence-corrected chi connectivity index (χ2v) is 15.4. The van der Waals surface area contributed by atoms with Gasteiger partial charge in [0.05, 0.1) is 6.20 Å². The number of amides is 2. The maximum absolute atomic E-state index is 14.3. The van der Waals surface area contributed by atoms with E-state index >= 15 is 0 Å². The van der Waals surface area contributed by atoms with Crippen molar-refractivity contribution < 1.29 is 28.3 Å². The summed E-state index contributed by atoms with van der Waals surface area (Å²) in [6.07, 6.45) is 5.44. The van der Waals surface area contributed by atoms with E-state index in [1.54, 1.807) is 6.20 Å². The van der Waals surface area contributed by atoms with Gasteiger partial charge in [0.2, 0.25) is 17.7 Å². The van der Waals surface area contributed by atoms with Crippen molar-refractivity contribution >= 4 is 28.4 Å². The lowest BCUT2D eigenvalue weighted by molar-refractivity contribution is -0.142. The molecular weight excluding hydrogens is 672 g/mol. The van der Waals surface area contributed by atoms with Crippen molar-refractivity contribution in [3.05, 3.63) is 95.3 Å². The molecule has 3 aromatic heterocycles. The predicted octanol–water partition coefficient (Wildman–Crippen LogP) is 6.10. The number of nitrogens with zero attached hydrogens (tertiary/aromatic N) is 2. The average Bonchev–Trinajstić information content (AvgIpc) is 3.99. The first-order valence-corrected chi connectivity index (χ1v) is 18.3. The Balaban J connectivity index is 1.19. The minimum atomic E-state index is -1.50. The first-order valence-electron chi connectivity index (χ1n) is 18.3. The van der Waals surface area contributed by atoms with Crippen molar-refractivity contribution in [2.24, 2.45) is 5.92 Å². The zero-order chi connectivity index (χ0) is 35.8. The van der Waals surface area contributed by atoms with E-state index in [1.165, 1.54) is 0 Å². The highest BCUT2D eigenvalue weighted by Crippen LogP contribution is 2.61. The van der Waals surface area contributed by atoms with Crippen LogP contribution in [-0.2, 0) is 21.4 Å². The van der Waals surface area contributed by atoms with E-state index in [0.717, 1.165) is 62.8 Å². The number of aliphatic hydroxyl groups is 1. The largest absolute Gasteiger partial charge is 0.469 e. The number of oxazole rings is 2. The molecule has 4 aliphatic heterocycles. The quantitative estimate of drug-likeness (QED) is 0.146. The molecule has 1 fully saturated rings. The number of para-hydroxylation sites is 1. The van der Waals surface area contributed by atoms with Gasteiger partial charge in [0.15, 0.2) is 23.4 Å². The summed E-state index contributed by atoms with van der Waals surface area (Å²) in [6, 6.07) is 16.7. The van der Waals surface area contributed by atoms with Gasteiger partial charge in [-0.1, -0.05) is 56.3 Å². The van der Waals surface area contributed by atoms with E-state index < -0.39 is 41.1 Å². The molecule has 1 spiro atoms. The summed E-state index contributed by atoms with van der Waals surface area (Å²) in [5.74, 6) is 1.18. The Hall–Kier alpha value is -5.88. The smallest absolute Gasteiger partial charge is 0.252 e. The highest BCUT2D eigenvalue weighted by atomic mass is 16.5. The van der Waals surface area contributed by atoms with E-state index in [0.29, 0.717) is 35.8 Å². The topological polar surface area (TPSA) is 168 Å². The maximum Gasteiger partial charge on any atom is 0.252 e. The van der Waals surface area contributed by atoms with Crippen molar-refractivity contribution in [1.29, 1.82) is 0 Å². The molecule has 12 nitrogen and oxygen atoms in total. The van der Waals surface area contributed by atoms with Gasteiger partial charge in [-0.3, -0.25) is 9.59 Å². The number of carbonyl (C=O) groups excluding carboxylic acids is 2. The van der Waals surface area contributed by atoms with Crippen LogP contribution in [-0.4, -0.2) is 49.7 Å². The first kappa shape index (κ1) is 30.7. The maximum atomic E-state index is 14.3. The fourth-order valence-electron chi connectivity index (χ4n) is 9.34. The lowest BCUT2D eigenvalue weighted by atomic mass is 9.72. The molecule has 1 aliphatic carbocycles. The number of benzene rings is 3. The van der Waals surface area contributed by atoms with E-state index in [-0.39, 0.29) is 24.1 Å². The summed E-state index contributed by atoms with van der Waals surface area (Å²) in [5.41, 5.74) is 5.18. The van der Waals surface area contributed by atoms with Crippen LogP contribution in [0.5, 0.6) is 5.75 Å². The van der Waals surface area contributed by atoms with Gasteiger partial charge in [-0.15, -0.1) is 0 Å². The molecule has 7 heterocycles. The van der Waals surface area contributed by atoms with Crippen molar-refractivity contribution in [3.8, 4) is 39.8 Å². The minimum Gasteiger partial charge on any atom is -0.469 e. The molecule has 1 saturated carbocycles. The number of hydrogen-bond donors (Lipinski definition) is 5. The van der Waals surface area contributed by atoms with Crippen molar-refractivity contribution in [2.45, 2.75) is 75.3 Å². The Kier molecular flexibility index (Phi) is 6.14. The van der Waals surface area contributed by atoms with E-state index in [9.17, 15) is 14.7 Å². The van der Waals surface area contributed by atoms with Crippen LogP contribution < -0.4 is 20.7 Å². The Bertz CT molecular complexity index is 2540.